The minimum atomic E-state index is -2.86. The van der Waals surface area contributed by atoms with Gasteiger partial charge in [-0.3, -0.25) is 5.43 Å². The van der Waals surface area contributed by atoms with E-state index >= 15 is 0 Å². The molecule has 138 valence electrons. The van der Waals surface area contributed by atoms with Crippen LogP contribution >= 0.6 is 0 Å². The lowest BCUT2D eigenvalue weighted by atomic mass is 10.0. The van der Waals surface area contributed by atoms with Gasteiger partial charge in [-0.1, -0.05) is 36.4 Å². The summed E-state index contributed by atoms with van der Waals surface area (Å²) in [6.45, 7) is -2.81. The number of rotatable bonds is 8. The number of halogens is 2. The summed E-state index contributed by atoms with van der Waals surface area (Å²) in [6, 6.07) is 13.4. The lowest BCUT2D eigenvalue weighted by Crippen LogP contribution is -2.29. The molecule has 9 heteroatoms. The maximum atomic E-state index is 12.1. The first-order valence-electron chi connectivity index (χ1n) is 7.37. The van der Waals surface area contributed by atoms with Crippen LogP contribution in [0.5, 0.6) is 5.75 Å². The average molecular weight is 365 g/mol. The van der Waals surface area contributed by atoms with Gasteiger partial charge in [-0.25, -0.2) is 10.6 Å². The van der Waals surface area contributed by atoms with Crippen molar-refractivity contribution < 1.29 is 28.2 Å². The number of alkyl halides is 2. The predicted molar refractivity (Wildman–Crippen MR) is 89.5 cm³/mol. The second-order valence-corrected chi connectivity index (χ2v) is 5.08. The number of ether oxygens (including phenoxy) is 2. The largest absolute Gasteiger partial charge is 0.476 e. The Morgan fingerprint density at radius 1 is 1.08 bits per heavy atom. The van der Waals surface area contributed by atoms with Crippen LogP contribution in [0.25, 0.3) is 11.1 Å². The van der Waals surface area contributed by atoms with Gasteiger partial charge in [0.2, 0.25) is 5.88 Å². The van der Waals surface area contributed by atoms with Gasteiger partial charge in [0.25, 0.3) is 0 Å². The fourth-order valence-corrected chi connectivity index (χ4v) is 2.07. The maximum Gasteiger partial charge on any atom is 0.387 e. The van der Waals surface area contributed by atoms with Crippen molar-refractivity contribution in [3.63, 3.8) is 0 Å². The van der Waals surface area contributed by atoms with Crippen molar-refractivity contribution in [2.75, 3.05) is 0 Å². The third-order valence-corrected chi connectivity index (χ3v) is 3.36. The van der Waals surface area contributed by atoms with E-state index in [-0.39, 0.29) is 18.2 Å². The molecule has 0 heterocycles. The summed E-state index contributed by atoms with van der Waals surface area (Å²) in [5.41, 5.74) is 9.32. The summed E-state index contributed by atoms with van der Waals surface area (Å²) in [7, 11) is 0. The molecule has 0 aromatic heterocycles. The van der Waals surface area contributed by atoms with Gasteiger partial charge in [0.05, 0.1) is 0 Å². The van der Waals surface area contributed by atoms with E-state index in [2.05, 4.69) is 10.2 Å². The molecule has 0 spiro atoms. The number of hydrogen-bond acceptors (Lipinski definition) is 6. The van der Waals surface area contributed by atoms with Gasteiger partial charge in [-0.15, -0.1) is 0 Å². The summed E-state index contributed by atoms with van der Waals surface area (Å²) >= 11 is 0. The minimum absolute atomic E-state index is 0.0506. The van der Waals surface area contributed by atoms with Crippen molar-refractivity contribution in [1.82, 2.24) is 5.43 Å². The molecule has 0 saturated heterocycles. The second kappa shape index (κ2) is 8.67. The molecule has 2 aromatic rings. The summed E-state index contributed by atoms with van der Waals surface area (Å²) in [6.07, 6.45) is 0. The number of hydrazine groups is 1. The molecule has 0 aliphatic heterocycles. The highest BCUT2D eigenvalue weighted by Gasteiger charge is 2.11. The number of hydrogen-bond donors (Lipinski definition) is 4. The molecular weight excluding hydrogens is 348 g/mol. The summed E-state index contributed by atoms with van der Waals surface area (Å²) in [5, 5.41) is 8.80. The third kappa shape index (κ3) is 5.08. The molecule has 7 nitrogen and oxygen atoms in total. The Kier molecular flexibility index (Phi) is 6.34. The molecule has 0 fully saturated rings. The van der Waals surface area contributed by atoms with Gasteiger partial charge in [-0.2, -0.15) is 8.78 Å². The Labute approximate surface area is 147 Å². The molecule has 0 aliphatic rings. The Hall–Kier alpha value is -3.33. The monoisotopic (exact) mass is 365 g/mol. The second-order valence-electron chi connectivity index (χ2n) is 5.08. The normalized spacial score (nSPS) is 11.7. The van der Waals surface area contributed by atoms with E-state index in [0.29, 0.717) is 0 Å². The van der Waals surface area contributed by atoms with Crippen molar-refractivity contribution in [1.29, 1.82) is 0 Å². The Balaban J connectivity index is 2.04. The number of benzene rings is 2. The van der Waals surface area contributed by atoms with E-state index in [9.17, 15) is 13.6 Å². The highest BCUT2D eigenvalue weighted by atomic mass is 19.3. The van der Waals surface area contributed by atoms with E-state index < -0.39 is 18.3 Å². The van der Waals surface area contributed by atoms with E-state index in [1.807, 2.05) is 12.1 Å². The first-order chi connectivity index (χ1) is 12.4. The molecule has 0 atom stereocenters. The number of carboxylic acids is 1. The zero-order valence-electron chi connectivity index (χ0n) is 13.5. The van der Waals surface area contributed by atoms with Crippen LogP contribution < -0.4 is 21.7 Å². The van der Waals surface area contributed by atoms with Gasteiger partial charge in [0.15, 0.2) is 5.70 Å². The van der Waals surface area contributed by atoms with Gasteiger partial charge in [0.1, 0.15) is 12.4 Å². The summed E-state index contributed by atoms with van der Waals surface area (Å²) in [4.78, 5) is 10.8. The van der Waals surface area contributed by atoms with Crippen molar-refractivity contribution in [2.45, 2.75) is 13.2 Å². The third-order valence-electron chi connectivity index (χ3n) is 3.36. The number of nitrogens with one attached hydrogen (secondary N) is 1. The van der Waals surface area contributed by atoms with E-state index in [0.717, 1.165) is 16.7 Å². The number of nitrogens with two attached hydrogens (primary N) is 2. The Morgan fingerprint density at radius 2 is 1.62 bits per heavy atom. The average Bonchev–Trinajstić information content (AvgIpc) is 2.62. The maximum absolute atomic E-state index is 12.1. The highest BCUT2D eigenvalue weighted by Crippen LogP contribution is 2.24. The quantitative estimate of drug-likeness (QED) is 0.245. The first-order valence-corrected chi connectivity index (χ1v) is 7.37. The molecule has 0 radical (unpaired) electrons. The highest BCUT2D eigenvalue weighted by molar-refractivity contribution is 5.85. The molecule has 0 amide bonds. The lowest BCUT2D eigenvalue weighted by Gasteiger charge is -2.11. The molecule has 2 rings (SSSR count). The molecule has 0 bridgehead atoms. The fourth-order valence-electron chi connectivity index (χ4n) is 2.07. The zero-order chi connectivity index (χ0) is 19.1. The van der Waals surface area contributed by atoms with E-state index in [1.165, 1.54) is 12.1 Å². The van der Waals surface area contributed by atoms with Crippen molar-refractivity contribution in [3.8, 4) is 16.9 Å². The summed E-state index contributed by atoms with van der Waals surface area (Å²) < 4.78 is 33.8. The predicted octanol–water partition coefficient (Wildman–Crippen LogP) is 2.15. The Morgan fingerprint density at radius 3 is 2.08 bits per heavy atom. The van der Waals surface area contributed by atoms with Gasteiger partial charge in [0, 0.05) is 0 Å². The van der Waals surface area contributed by atoms with Crippen LogP contribution in [-0.2, 0) is 16.1 Å². The van der Waals surface area contributed by atoms with Crippen LogP contribution in [-0.4, -0.2) is 17.7 Å². The lowest BCUT2D eigenvalue weighted by molar-refractivity contribution is -0.133. The van der Waals surface area contributed by atoms with Gasteiger partial charge >= 0.3 is 12.6 Å². The van der Waals surface area contributed by atoms with Crippen LogP contribution in [0.4, 0.5) is 8.78 Å². The van der Waals surface area contributed by atoms with E-state index in [4.69, 9.17) is 21.4 Å². The first kappa shape index (κ1) is 19.0. The number of carbonyl (C=O) groups is 1. The molecule has 2 aromatic carbocycles. The van der Waals surface area contributed by atoms with Crippen molar-refractivity contribution in [2.24, 2.45) is 11.6 Å². The minimum Gasteiger partial charge on any atom is -0.476 e. The topological polar surface area (TPSA) is 120 Å². The van der Waals surface area contributed by atoms with E-state index in [1.54, 1.807) is 24.3 Å². The zero-order valence-corrected chi connectivity index (χ0v) is 13.5. The molecule has 0 unspecified atom stereocenters. The van der Waals surface area contributed by atoms with Crippen molar-refractivity contribution >= 4 is 5.97 Å². The van der Waals surface area contributed by atoms with Gasteiger partial charge < -0.3 is 20.3 Å². The molecule has 6 N–H and O–H groups in total. The smallest absolute Gasteiger partial charge is 0.387 e. The van der Waals surface area contributed by atoms with Crippen LogP contribution in [0, 0.1) is 0 Å². The SMILES string of the molecule is NN/C(OCc1ccc(-c2ccc(OC(F)F)cc2)cc1)=C(\N)C(=O)O. The van der Waals surface area contributed by atoms with Crippen LogP contribution in [0.3, 0.4) is 0 Å². The van der Waals surface area contributed by atoms with Crippen LogP contribution in [0.1, 0.15) is 5.56 Å². The van der Waals surface area contributed by atoms with Crippen molar-refractivity contribution in [3.05, 3.63) is 65.7 Å². The molecule has 0 saturated carbocycles. The summed E-state index contributed by atoms with van der Waals surface area (Å²) in [5.74, 6) is 3.67. The molecule has 26 heavy (non-hydrogen) atoms. The van der Waals surface area contributed by atoms with Crippen LogP contribution in [0.15, 0.2) is 60.1 Å². The number of carboxylic acid groups (broad SMARTS) is 1. The number of aliphatic carboxylic acids is 1. The molecule has 0 aliphatic carbocycles. The standard InChI is InChI=1S/C17H17F2N3O4/c18-17(19)26-13-7-5-12(6-8-13)11-3-1-10(2-4-11)9-25-15(22-21)14(20)16(23)24/h1-8,17,22H,9,20-21H2,(H,23,24)/b15-14+. The fraction of sp³-hybridized carbons (Fsp3) is 0.118. The molecular formula is C17H17F2N3O4. The Bertz CT molecular complexity index is 778. The van der Waals surface area contributed by atoms with Gasteiger partial charge in [-0.05, 0) is 28.8 Å². The van der Waals surface area contributed by atoms with Crippen LogP contribution in [0.2, 0.25) is 0 Å².